The molecule has 56 heavy (non-hydrogen) atoms. The van der Waals surface area contributed by atoms with Crippen LogP contribution in [0.15, 0.2) is 109 Å². The minimum Gasteiger partial charge on any atom is -0.497 e. The Morgan fingerprint density at radius 3 is 1.21 bits per heavy atom. The maximum absolute atomic E-state index is 12.9. The van der Waals surface area contributed by atoms with E-state index >= 15 is 0 Å². The quantitative estimate of drug-likeness (QED) is 0.112. The van der Waals surface area contributed by atoms with Gasteiger partial charge in [0.25, 0.3) is 0 Å². The highest BCUT2D eigenvalue weighted by atomic mass is 16.6. The minimum absolute atomic E-state index is 0.157. The van der Waals surface area contributed by atoms with E-state index < -0.39 is 35.6 Å². The minimum atomic E-state index is -0.960. The van der Waals surface area contributed by atoms with Gasteiger partial charge in [0.2, 0.25) is 0 Å². The molecule has 1 unspecified atom stereocenters. The van der Waals surface area contributed by atoms with E-state index in [0.29, 0.717) is 25.9 Å². The highest BCUT2D eigenvalue weighted by Gasteiger charge is 2.46. The van der Waals surface area contributed by atoms with E-state index in [-0.39, 0.29) is 38.1 Å². The third-order valence-corrected chi connectivity index (χ3v) is 10.8. The van der Waals surface area contributed by atoms with Gasteiger partial charge >= 0.3 is 12.2 Å². The van der Waals surface area contributed by atoms with Crippen molar-refractivity contribution in [2.45, 2.75) is 75.0 Å². The number of carbonyl (C=O) groups excluding carboxylic acids is 2. The van der Waals surface area contributed by atoms with E-state index in [4.69, 9.17) is 18.9 Å². The van der Waals surface area contributed by atoms with Crippen molar-refractivity contribution in [3.8, 4) is 11.5 Å². The molecule has 0 bridgehead atoms. The molecule has 12 nitrogen and oxygen atoms in total. The first-order valence-corrected chi connectivity index (χ1v) is 18.9. The summed E-state index contributed by atoms with van der Waals surface area (Å²) in [5.74, 6) is 1.52. The molecule has 6 rings (SSSR count). The molecule has 2 amide bonds. The molecule has 0 radical (unpaired) electrons. The number of hydrogen-bond acceptors (Lipinski definition) is 10. The van der Waals surface area contributed by atoms with Crippen LogP contribution >= 0.6 is 0 Å². The number of hydrogen-bond donors (Lipinski definition) is 4. The molecule has 6 atom stereocenters. The van der Waals surface area contributed by atoms with E-state index in [1.165, 1.54) is 0 Å². The van der Waals surface area contributed by atoms with Crippen LogP contribution in [-0.2, 0) is 20.7 Å². The topological polar surface area (TPSA) is 158 Å². The summed E-state index contributed by atoms with van der Waals surface area (Å²) in [4.78, 5) is 29.2. The number of benzene rings is 4. The Morgan fingerprint density at radius 1 is 0.589 bits per heavy atom. The summed E-state index contributed by atoms with van der Waals surface area (Å²) in [5.41, 5.74) is 1.73. The Kier molecular flexibility index (Phi) is 14.4. The highest BCUT2D eigenvalue weighted by molar-refractivity contribution is 5.71. The Morgan fingerprint density at radius 2 is 0.929 bits per heavy atom. The van der Waals surface area contributed by atoms with E-state index in [1.54, 1.807) is 24.0 Å². The zero-order valence-electron chi connectivity index (χ0n) is 32.5. The molecular weight excluding hydrogens is 716 g/mol. The van der Waals surface area contributed by atoms with Crippen molar-refractivity contribution >= 4 is 12.2 Å². The molecule has 2 saturated heterocycles. The molecule has 0 saturated carbocycles. The number of carbonyl (C=O) groups is 2. The Bertz CT molecular complexity index is 1690. The van der Waals surface area contributed by atoms with Crippen molar-refractivity contribution < 1.29 is 49.0 Å². The monoisotopic (exact) mass is 770 g/mol. The molecular formula is C44H54N2O10. The molecule has 0 spiro atoms. The Hall–Kier alpha value is -5.14. The molecule has 4 aromatic carbocycles. The molecule has 12 heteroatoms. The molecule has 2 aliphatic heterocycles. The summed E-state index contributed by atoms with van der Waals surface area (Å²) in [7, 11) is 3.23. The van der Waals surface area contributed by atoms with Gasteiger partial charge in [-0.05, 0) is 60.4 Å². The van der Waals surface area contributed by atoms with Crippen molar-refractivity contribution in [1.29, 1.82) is 0 Å². The third-order valence-electron chi connectivity index (χ3n) is 10.8. The lowest BCUT2D eigenvalue weighted by Gasteiger charge is -2.44. The molecule has 300 valence electrons. The first-order chi connectivity index (χ1) is 27.0. The third kappa shape index (κ3) is 9.80. The van der Waals surface area contributed by atoms with Crippen LogP contribution in [0.3, 0.4) is 0 Å². The summed E-state index contributed by atoms with van der Waals surface area (Å²) in [6, 6.07) is 33.7. The van der Waals surface area contributed by atoms with Crippen molar-refractivity contribution in [3.63, 3.8) is 0 Å². The smallest absolute Gasteiger partial charge is 0.411 e. The fourth-order valence-corrected chi connectivity index (χ4v) is 7.47. The molecule has 0 aliphatic carbocycles. The van der Waals surface area contributed by atoms with Crippen molar-refractivity contribution in [2.24, 2.45) is 0 Å². The number of aliphatic hydroxyl groups excluding tert-OH is 4. The van der Waals surface area contributed by atoms with Crippen molar-refractivity contribution in [2.75, 3.05) is 40.5 Å². The van der Waals surface area contributed by atoms with Crippen LogP contribution in [-0.4, -0.2) is 95.1 Å². The summed E-state index contributed by atoms with van der Waals surface area (Å²) in [6.45, 7) is 4.14. The predicted molar refractivity (Wildman–Crippen MR) is 210 cm³/mol. The Labute approximate surface area is 328 Å². The molecule has 2 heterocycles. The maximum Gasteiger partial charge on any atom is 0.411 e. The standard InChI is InChI=1S/2C22H27NO5/c2*1-16(17-8-10-20(27-2)11-9-17)23-13-12-22(28-21(23)26,14-19(25)15-24)18-6-4-3-5-7-18/h2*3-11,16,19,24-25H,12-15H2,1-2H3/t16-,19?,22+;16-,19+,22-/m00/s1. The lowest BCUT2D eigenvalue weighted by Crippen LogP contribution is -2.50. The average molecular weight is 771 g/mol. The SMILES string of the molecule is COc1ccc([C@H](C)N2CC[C@@](CC(O)CO)(c3ccccc3)OC2=O)cc1.COc1ccc([C@H](C)N2CC[C@](C[C@@H](O)CO)(c3ccccc3)OC2=O)cc1. The number of methoxy groups -OCH3 is 2. The number of amides is 2. The van der Waals surface area contributed by atoms with Gasteiger partial charge in [0, 0.05) is 38.8 Å². The fourth-order valence-electron chi connectivity index (χ4n) is 7.47. The molecule has 0 aromatic heterocycles. The van der Waals surface area contributed by atoms with Gasteiger partial charge in [-0.1, -0.05) is 84.9 Å². The van der Waals surface area contributed by atoms with Crippen LogP contribution in [0, 0.1) is 0 Å². The summed E-state index contributed by atoms with van der Waals surface area (Å²) in [5, 5.41) is 38.7. The zero-order chi connectivity index (χ0) is 40.3. The number of ether oxygens (including phenoxy) is 4. The normalized spacial score (nSPS) is 21.7. The summed E-state index contributed by atoms with van der Waals surface area (Å²) in [6.07, 6.45) is -1.40. The van der Waals surface area contributed by atoms with Gasteiger partial charge in [0.05, 0.1) is 51.7 Å². The number of nitrogens with zero attached hydrogens (tertiary/aromatic N) is 2. The molecule has 4 N–H and O–H groups in total. The highest BCUT2D eigenvalue weighted by Crippen LogP contribution is 2.42. The van der Waals surface area contributed by atoms with Gasteiger partial charge in [-0.15, -0.1) is 0 Å². The van der Waals surface area contributed by atoms with Gasteiger partial charge < -0.3 is 49.2 Å². The van der Waals surface area contributed by atoms with Crippen molar-refractivity contribution in [3.05, 3.63) is 131 Å². The van der Waals surface area contributed by atoms with Gasteiger partial charge in [0.15, 0.2) is 0 Å². The van der Waals surface area contributed by atoms with Gasteiger partial charge in [0.1, 0.15) is 22.7 Å². The second-order valence-corrected chi connectivity index (χ2v) is 14.3. The van der Waals surface area contributed by atoms with Gasteiger partial charge in [-0.25, -0.2) is 9.59 Å². The lowest BCUT2D eigenvalue weighted by atomic mass is 9.83. The van der Waals surface area contributed by atoms with E-state index in [2.05, 4.69) is 0 Å². The van der Waals surface area contributed by atoms with E-state index in [0.717, 1.165) is 33.8 Å². The number of rotatable bonds is 14. The van der Waals surface area contributed by atoms with Crippen LogP contribution in [0.4, 0.5) is 9.59 Å². The van der Waals surface area contributed by atoms with Crippen LogP contribution in [0.25, 0.3) is 0 Å². The lowest BCUT2D eigenvalue weighted by molar-refractivity contribution is -0.0899. The molecule has 4 aromatic rings. The van der Waals surface area contributed by atoms with Gasteiger partial charge in [-0.3, -0.25) is 0 Å². The van der Waals surface area contributed by atoms with Crippen LogP contribution in [0.5, 0.6) is 11.5 Å². The Balaban J connectivity index is 0.000000214. The molecule has 2 aliphatic rings. The largest absolute Gasteiger partial charge is 0.497 e. The van der Waals surface area contributed by atoms with E-state index in [9.17, 15) is 30.0 Å². The second kappa shape index (κ2) is 19.1. The number of aliphatic hydroxyl groups is 4. The summed E-state index contributed by atoms with van der Waals surface area (Å²) < 4.78 is 22.2. The first kappa shape index (κ1) is 42.0. The predicted octanol–water partition coefficient (Wildman–Crippen LogP) is 6.47. The van der Waals surface area contributed by atoms with Crippen LogP contribution in [0.1, 0.15) is 73.9 Å². The van der Waals surface area contributed by atoms with Crippen LogP contribution < -0.4 is 9.47 Å². The number of cyclic esters (lactones) is 2. The molecule has 2 fully saturated rings. The average Bonchev–Trinajstić information content (AvgIpc) is 3.24. The van der Waals surface area contributed by atoms with Crippen LogP contribution in [0.2, 0.25) is 0 Å². The first-order valence-electron chi connectivity index (χ1n) is 18.9. The summed E-state index contributed by atoms with van der Waals surface area (Å²) >= 11 is 0. The van der Waals surface area contributed by atoms with E-state index in [1.807, 2.05) is 123 Å². The second-order valence-electron chi connectivity index (χ2n) is 14.3. The zero-order valence-corrected chi connectivity index (χ0v) is 32.5. The maximum atomic E-state index is 12.9. The fraction of sp³-hybridized carbons (Fsp3) is 0.409. The van der Waals surface area contributed by atoms with Crippen molar-refractivity contribution in [1.82, 2.24) is 9.80 Å². The van der Waals surface area contributed by atoms with Gasteiger partial charge in [-0.2, -0.15) is 0 Å².